The minimum atomic E-state index is 0.145. The van der Waals surface area contributed by atoms with Crippen molar-refractivity contribution in [2.45, 2.75) is 37.9 Å². The monoisotopic (exact) mass is 423 g/mol. The maximum absolute atomic E-state index is 10.1. The van der Waals surface area contributed by atoms with Gasteiger partial charge in [0, 0.05) is 63.0 Å². The number of hydrogen-bond acceptors (Lipinski definition) is 8. The van der Waals surface area contributed by atoms with E-state index in [2.05, 4.69) is 43.2 Å². The first-order valence-corrected chi connectivity index (χ1v) is 11.1. The van der Waals surface area contributed by atoms with Crippen LogP contribution in [0.5, 0.6) is 0 Å². The van der Waals surface area contributed by atoms with Crippen molar-refractivity contribution in [2.24, 2.45) is 0 Å². The van der Waals surface area contributed by atoms with E-state index in [1.54, 1.807) is 19.1 Å². The first-order chi connectivity index (χ1) is 15.0. The highest BCUT2D eigenvalue weighted by atomic mass is 16.3. The van der Waals surface area contributed by atoms with Crippen molar-refractivity contribution in [3.63, 3.8) is 0 Å². The molecule has 4 heterocycles. The second kappa shape index (κ2) is 9.27. The van der Waals surface area contributed by atoms with Crippen LogP contribution in [0.25, 0.3) is 5.57 Å². The molecule has 2 bridgehead atoms. The van der Waals surface area contributed by atoms with Crippen LogP contribution in [0.1, 0.15) is 25.5 Å². The number of rotatable bonds is 5. The number of nitrogen functional groups attached to an aromatic ring is 1. The van der Waals surface area contributed by atoms with E-state index in [0.29, 0.717) is 35.2 Å². The van der Waals surface area contributed by atoms with Crippen molar-refractivity contribution in [3.05, 3.63) is 29.7 Å². The number of hydrogen-bond donors (Lipinski definition) is 3. The molecule has 4 rings (SSSR count). The third-order valence-corrected chi connectivity index (χ3v) is 6.85. The minimum Gasteiger partial charge on any atom is -0.512 e. The van der Waals surface area contributed by atoms with Crippen LogP contribution >= 0.6 is 0 Å². The Morgan fingerprint density at radius 3 is 2.74 bits per heavy atom. The maximum atomic E-state index is 10.1. The summed E-state index contributed by atoms with van der Waals surface area (Å²) in [5.74, 6) is 3.02. The van der Waals surface area contributed by atoms with Gasteiger partial charge >= 0.3 is 0 Å². The largest absolute Gasteiger partial charge is 0.512 e. The summed E-state index contributed by atoms with van der Waals surface area (Å²) in [6.07, 6.45) is 11.0. The maximum Gasteiger partial charge on any atom is 0.169 e. The summed E-state index contributed by atoms with van der Waals surface area (Å²) in [5.41, 5.74) is 8.24. The molecule has 1 aromatic heterocycles. The van der Waals surface area contributed by atoms with Gasteiger partial charge < -0.3 is 21.1 Å². The lowest BCUT2D eigenvalue weighted by molar-refractivity contribution is 0.0970. The van der Waals surface area contributed by atoms with E-state index >= 15 is 0 Å². The number of piperazine rings is 2. The average Bonchev–Trinajstić information content (AvgIpc) is 2.97. The van der Waals surface area contributed by atoms with E-state index in [4.69, 9.17) is 12.2 Å². The summed E-state index contributed by atoms with van der Waals surface area (Å²) >= 11 is 0. The van der Waals surface area contributed by atoms with Crippen molar-refractivity contribution in [1.82, 2.24) is 25.3 Å². The molecule has 8 nitrogen and oxygen atoms in total. The molecule has 166 valence electrons. The van der Waals surface area contributed by atoms with Gasteiger partial charge in [-0.05, 0) is 45.0 Å². The first-order valence-electron chi connectivity index (χ1n) is 11.1. The smallest absolute Gasteiger partial charge is 0.169 e. The number of aliphatic hydroxyl groups excluding tert-OH is 1. The van der Waals surface area contributed by atoms with Crippen LogP contribution in [-0.4, -0.2) is 89.5 Å². The number of nitrogens with one attached hydrogen (secondary N) is 1. The number of nitrogens with two attached hydrogens (primary N) is 1. The molecule has 31 heavy (non-hydrogen) atoms. The van der Waals surface area contributed by atoms with Crippen molar-refractivity contribution < 1.29 is 5.11 Å². The van der Waals surface area contributed by atoms with Gasteiger partial charge in [0.2, 0.25) is 0 Å². The van der Waals surface area contributed by atoms with Crippen molar-refractivity contribution in [3.8, 4) is 12.3 Å². The summed E-state index contributed by atoms with van der Waals surface area (Å²) in [5, 5.41) is 22.0. The van der Waals surface area contributed by atoms with Gasteiger partial charge in [-0.3, -0.25) is 9.80 Å². The van der Waals surface area contributed by atoms with Crippen LogP contribution in [0.3, 0.4) is 0 Å². The molecule has 3 aliphatic rings. The predicted octanol–water partition coefficient (Wildman–Crippen LogP) is 1.09. The zero-order valence-electron chi connectivity index (χ0n) is 18.5. The van der Waals surface area contributed by atoms with Gasteiger partial charge in [0.05, 0.1) is 17.1 Å². The lowest BCUT2D eigenvalue weighted by atomic mass is 10.1. The molecule has 3 saturated heterocycles. The minimum absolute atomic E-state index is 0.145. The highest BCUT2D eigenvalue weighted by Crippen LogP contribution is 2.35. The molecule has 0 saturated carbocycles. The highest BCUT2D eigenvalue weighted by Gasteiger charge is 2.41. The molecule has 0 aliphatic carbocycles. The zero-order chi connectivity index (χ0) is 22.0. The normalized spacial score (nSPS) is 28.0. The summed E-state index contributed by atoms with van der Waals surface area (Å²) in [4.78, 5) is 7.52. The molecule has 8 heteroatoms. The van der Waals surface area contributed by atoms with Crippen molar-refractivity contribution >= 4 is 17.1 Å². The Morgan fingerprint density at radius 2 is 2.10 bits per heavy atom. The van der Waals surface area contributed by atoms with Crippen LogP contribution in [0, 0.1) is 12.3 Å². The van der Waals surface area contributed by atoms with E-state index < -0.39 is 0 Å². The summed E-state index contributed by atoms with van der Waals surface area (Å²) < 4.78 is 0. The lowest BCUT2D eigenvalue weighted by Crippen LogP contribution is -2.60. The Balaban J connectivity index is 1.52. The van der Waals surface area contributed by atoms with E-state index in [0.717, 1.165) is 45.0 Å². The molecule has 3 unspecified atom stereocenters. The van der Waals surface area contributed by atoms with Crippen LogP contribution in [0.4, 0.5) is 11.5 Å². The van der Waals surface area contributed by atoms with E-state index in [1.165, 1.54) is 12.8 Å². The van der Waals surface area contributed by atoms with E-state index in [9.17, 15) is 5.11 Å². The SMILES string of the molecule is C#C/C=C\C(=C(/C)O)c1cc(N2CC3CCC(C2)N3CC2CNCCN2C)c(N)nn1. The number of likely N-dealkylation sites (N-methyl/N-ethyl adjacent to an activating group) is 1. The summed E-state index contributed by atoms with van der Waals surface area (Å²) in [7, 11) is 2.23. The van der Waals surface area contributed by atoms with Gasteiger partial charge in [0.25, 0.3) is 0 Å². The highest BCUT2D eigenvalue weighted by molar-refractivity contribution is 5.77. The van der Waals surface area contributed by atoms with Gasteiger partial charge in [-0.15, -0.1) is 16.6 Å². The lowest BCUT2D eigenvalue weighted by Gasteiger charge is -2.45. The molecular weight excluding hydrogens is 390 g/mol. The fourth-order valence-corrected chi connectivity index (χ4v) is 5.09. The molecule has 3 aliphatic heterocycles. The fourth-order valence-electron chi connectivity index (χ4n) is 5.09. The molecule has 0 amide bonds. The quantitative estimate of drug-likeness (QED) is 0.368. The first kappa shape index (κ1) is 21.6. The van der Waals surface area contributed by atoms with E-state index in [-0.39, 0.29) is 5.76 Å². The molecule has 4 N–H and O–H groups in total. The van der Waals surface area contributed by atoms with Gasteiger partial charge in [0.15, 0.2) is 5.82 Å². The standard InChI is InChI=1S/C23H33N7O/c1-4-5-6-20(16(2)31)21-11-22(23(24)27-26-21)29-13-17-7-8-18(14-29)30(17)15-19-12-25-9-10-28(19)3/h1,5-6,11,17-19,25,31H,7-10,12-15H2,2-3H3,(H2,24,27)/b6-5-,20-16-. The Kier molecular flexibility index (Phi) is 6.46. The Bertz CT molecular complexity index is 888. The van der Waals surface area contributed by atoms with Gasteiger partial charge in [-0.1, -0.05) is 5.92 Å². The van der Waals surface area contributed by atoms with E-state index in [1.807, 2.05) is 6.07 Å². The Labute approximate surface area is 184 Å². The number of aromatic nitrogens is 2. The van der Waals surface area contributed by atoms with Gasteiger partial charge in [0.1, 0.15) is 0 Å². The van der Waals surface area contributed by atoms with Crippen LogP contribution < -0.4 is 16.0 Å². The number of fused-ring (bicyclic) bond motifs is 2. The number of anilines is 2. The van der Waals surface area contributed by atoms with Crippen molar-refractivity contribution in [2.75, 3.05) is 56.9 Å². The predicted molar refractivity (Wildman–Crippen MR) is 125 cm³/mol. The van der Waals surface area contributed by atoms with Crippen LogP contribution in [-0.2, 0) is 0 Å². The van der Waals surface area contributed by atoms with Gasteiger partial charge in [-0.25, -0.2) is 0 Å². The van der Waals surface area contributed by atoms with Crippen LogP contribution in [0.15, 0.2) is 24.0 Å². The average molecular weight is 424 g/mol. The molecule has 0 aromatic carbocycles. The van der Waals surface area contributed by atoms with Crippen molar-refractivity contribution in [1.29, 1.82) is 0 Å². The Hall–Kier alpha value is -2.60. The molecule has 0 radical (unpaired) electrons. The second-order valence-electron chi connectivity index (χ2n) is 8.82. The molecule has 3 fully saturated rings. The third kappa shape index (κ3) is 4.54. The fraction of sp³-hybridized carbons (Fsp3) is 0.565. The summed E-state index contributed by atoms with van der Waals surface area (Å²) in [6.45, 7) is 7.81. The Morgan fingerprint density at radius 1 is 1.35 bits per heavy atom. The molecule has 0 spiro atoms. The number of allylic oxidation sites excluding steroid dienone is 4. The number of aliphatic hydroxyl groups is 1. The molecular formula is C23H33N7O. The summed E-state index contributed by atoms with van der Waals surface area (Å²) in [6, 6.07) is 3.51. The number of terminal acetylenes is 1. The molecule has 3 atom stereocenters. The van der Waals surface area contributed by atoms with Crippen LogP contribution in [0.2, 0.25) is 0 Å². The second-order valence-corrected chi connectivity index (χ2v) is 8.82. The van der Waals surface area contributed by atoms with Gasteiger partial charge in [-0.2, -0.15) is 0 Å². The number of nitrogens with zero attached hydrogens (tertiary/aromatic N) is 5. The third-order valence-electron chi connectivity index (χ3n) is 6.85. The topological polar surface area (TPSA) is 93.8 Å². The zero-order valence-corrected chi connectivity index (χ0v) is 18.5. The molecule has 1 aromatic rings.